The van der Waals surface area contributed by atoms with Crippen LogP contribution in [0.1, 0.15) is 45.7 Å². The van der Waals surface area contributed by atoms with Crippen molar-refractivity contribution in [1.29, 1.82) is 0 Å². The second-order valence-electron chi connectivity index (χ2n) is 6.42. The van der Waals surface area contributed by atoms with Gasteiger partial charge in [0, 0.05) is 11.6 Å². The summed E-state index contributed by atoms with van der Waals surface area (Å²) in [4.78, 5) is 35.9. The van der Waals surface area contributed by atoms with E-state index in [2.05, 4.69) is 0 Å². The van der Waals surface area contributed by atoms with Crippen LogP contribution in [0.3, 0.4) is 0 Å². The van der Waals surface area contributed by atoms with E-state index in [1.165, 1.54) is 20.1 Å². The van der Waals surface area contributed by atoms with Gasteiger partial charge in [-0.05, 0) is 44.9 Å². The Labute approximate surface area is 168 Å². The van der Waals surface area contributed by atoms with E-state index >= 15 is 0 Å². The summed E-state index contributed by atoms with van der Waals surface area (Å²) in [5.41, 5.74) is 1.54. The molecule has 154 valence electrons. The fourth-order valence-electron chi connectivity index (χ4n) is 2.70. The number of carbonyl (C=O) groups excluding carboxylic acids is 2. The highest BCUT2D eigenvalue weighted by Crippen LogP contribution is 2.35. The summed E-state index contributed by atoms with van der Waals surface area (Å²) < 4.78 is 15.7. The quantitative estimate of drug-likeness (QED) is 0.284. The zero-order valence-corrected chi connectivity index (χ0v) is 17.0. The number of nitro groups is 1. The lowest BCUT2D eigenvalue weighted by molar-refractivity contribution is -0.385. The zero-order chi connectivity index (χ0) is 21.7. The fraction of sp³-hybridized carbons (Fsp3) is 0.333. The minimum absolute atomic E-state index is 0.120. The van der Waals surface area contributed by atoms with Gasteiger partial charge in [0.05, 0.1) is 24.7 Å². The number of ether oxygens (including phenoxy) is 3. The van der Waals surface area contributed by atoms with Crippen molar-refractivity contribution in [2.45, 2.75) is 33.8 Å². The van der Waals surface area contributed by atoms with Crippen molar-refractivity contribution in [3.63, 3.8) is 0 Å². The lowest BCUT2D eigenvalue weighted by Gasteiger charge is -2.15. The number of nitro benzene ring substituents is 1. The van der Waals surface area contributed by atoms with Gasteiger partial charge in [0.25, 0.3) is 5.69 Å². The molecule has 0 N–H and O–H groups in total. The molecule has 0 aliphatic rings. The minimum atomic E-state index is -1.12. The third-order valence-electron chi connectivity index (χ3n) is 4.44. The van der Waals surface area contributed by atoms with E-state index in [0.717, 1.165) is 17.2 Å². The van der Waals surface area contributed by atoms with Crippen LogP contribution in [-0.4, -0.2) is 36.5 Å². The van der Waals surface area contributed by atoms with Crippen LogP contribution >= 0.6 is 0 Å². The van der Waals surface area contributed by atoms with E-state index in [1.807, 2.05) is 13.8 Å². The molecule has 0 aromatic heterocycles. The molecule has 2 rings (SSSR count). The molecule has 8 nitrogen and oxygen atoms in total. The molecule has 0 saturated heterocycles. The summed E-state index contributed by atoms with van der Waals surface area (Å²) in [6, 6.07) is 7.45. The number of esters is 1. The predicted octanol–water partition coefficient (Wildman–Crippen LogP) is 4.05. The Hall–Kier alpha value is -3.42. The lowest BCUT2D eigenvalue weighted by atomic mass is 10.0. The Kier molecular flexibility index (Phi) is 6.93. The third kappa shape index (κ3) is 4.90. The number of benzene rings is 2. The first-order valence-electron chi connectivity index (χ1n) is 9.01. The first-order chi connectivity index (χ1) is 13.7. The molecule has 1 atom stereocenters. The molecule has 0 aliphatic heterocycles. The predicted molar refractivity (Wildman–Crippen MR) is 106 cm³/mol. The first kappa shape index (κ1) is 21.9. The standard InChI is InChI=1S/C21H23NO7/c1-6-28-19-10-16(17(22(25)26)11-18(19)27-5)21(24)29-14(4)20(23)15-8-7-12(2)13(3)9-15/h7-11,14H,6H2,1-5H3/t14-/m1/s1. The van der Waals surface area contributed by atoms with Gasteiger partial charge < -0.3 is 14.2 Å². The van der Waals surface area contributed by atoms with Crippen molar-refractivity contribution in [2.75, 3.05) is 13.7 Å². The minimum Gasteiger partial charge on any atom is -0.493 e. The summed E-state index contributed by atoms with van der Waals surface area (Å²) in [5.74, 6) is -1.11. The number of aryl methyl sites for hydroxylation is 2. The normalized spacial score (nSPS) is 11.5. The van der Waals surface area contributed by atoms with Gasteiger partial charge in [-0.25, -0.2) is 4.79 Å². The Morgan fingerprint density at radius 1 is 1.10 bits per heavy atom. The van der Waals surface area contributed by atoms with Gasteiger partial charge in [-0.1, -0.05) is 12.1 Å². The largest absolute Gasteiger partial charge is 0.493 e. The number of nitrogens with zero attached hydrogens (tertiary/aromatic N) is 1. The zero-order valence-electron chi connectivity index (χ0n) is 17.0. The topological polar surface area (TPSA) is 105 Å². The summed E-state index contributed by atoms with van der Waals surface area (Å²) in [6.45, 7) is 7.21. The van der Waals surface area contributed by atoms with E-state index in [9.17, 15) is 19.7 Å². The SMILES string of the molecule is CCOc1cc(C(=O)O[C@H](C)C(=O)c2ccc(C)c(C)c2)c([N+](=O)[O-])cc1OC. The van der Waals surface area contributed by atoms with Crippen LogP contribution in [0, 0.1) is 24.0 Å². The average molecular weight is 401 g/mol. The van der Waals surface area contributed by atoms with E-state index in [1.54, 1.807) is 25.1 Å². The van der Waals surface area contributed by atoms with Crippen LogP contribution in [0.2, 0.25) is 0 Å². The molecule has 8 heteroatoms. The van der Waals surface area contributed by atoms with Crippen molar-refractivity contribution >= 4 is 17.4 Å². The first-order valence-corrected chi connectivity index (χ1v) is 9.01. The van der Waals surface area contributed by atoms with Crippen LogP contribution in [0.25, 0.3) is 0 Å². The second kappa shape index (κ2) is 9.18. The van der Waals surface area contributed by atoms with Crippen LogP contribution in [-0.2, 0) is 4.74 Å². The number of rotatable bonds is 8. The van der Waals surface area contributed by atoms with Gasteiger partial charge in [-0.15, -0.1) is 0 Å². The summed E-state index contributed by atoms with van der Waals surface area (Å²) in [6.07, 6.45) is -1.12. The number of Topliss-reactive ketones (excluding diaryl/α,β-unsaturated/α-hetero) is 1. The van der Waals surface area contributed by atoms with Crippen LogP contribution < -0.4 is 9.47 Å². The lowest BCUT2D eigenvalue weighted by Crippen LogP contribution is -2.25. The molecule has 0 unspecified atom stereocenters. The monoisotopic (exact) mass is 401 g/mol. The Bertz CT molecular complexity index is 952. The molecule has 0 spiro atoms. The second-order valence-corrected chi connectivity index (χ2v) is 6.42. The highest BCUT2D eigenvalue weighted by Gasteiger charge is 2.28. The maximum Gasteiger partial charge on any atom is 0.346 e. The maximum absolute atomic E-state index is 12.6. The van der Waals surface area contributed by atoms with E-state index in [-0.39, 0.29) is 23.7 Å². The van der Waals surface area contributed by atoms with Gasteiger partial charge in [0.1, 0.15) is 5.56 Å². The van der Waals surface area contributed by atoms with E-state index in [4.69, 9.17) is 14.2 Å². The molecule has 0 fully saturated rings. The van der Waals surface area contributed by atoms with Crippen molar-refractivity contribution in [2.24, 2.45) is 0 Å². The fourth-order valence-corrected chi connectivity index (χ4v) is 2.70. The Balaban J connectivity index is 2.32. The number of carbonyl (C=O) groups is 2. The number of methoxy groups -OCH3 is 1. The van der Waals surface area contributed by atoms with Gasteiger partial charge in [-0.3, -0.25) is 14.9 Å². The van der Waals surface area contributed by atoms with Crippen molar-refractivity contribution in [1.82, 2.24) is 0 Å². The highest BCUT2D eigenvalue weighted by atomic mass is 16.6. The van der Waals surface area contributed by atoms with Gasteiger partial charge >= 0.3 is 5.97 Å². The van der Waals surface area contributed by atoms with Crippen molar-refractivity contribution in [3.05, 3.63) is 62.7 Å². The molecule has 0 heterocycles. The van der Waals surface area contributed by atoms with Crippen LogP contribution in [0.15, 0.2) is 30.3 Å². The average Bonchev–Trinajstić information content (AvgIpc) is 2.69. The molecule has 0 amide bonds. The Morgan fingerprint density at radius 3 is 2.34 bits per heavy atom. The summed E-state index contributed by atoms with van der Waals surface area (Å²) in [7, 11) is 1.34. The van der Waals surface area contributed by atoms with Gasteiger partial charge in [0.2, 0.25) is 5.78 Å². The number of hydrogen-bond acceptors (Lipinski definition) is 7. The van der Waals surface area contributed by atoms with Crippen LogP contribution in [0.4, 0.5) is 5.69 Å². The molecule has 2 aromatic carbocycles. The molecule has 0 saturated carbocycles. The molecule has 0 radical (unpaired) electrons. The molecular weight excluding hydrogens is 378 g/mol. The van der Waals surface area contributed by atoms with Gasteiger partial charge in [-0.2, -0.15) is 0 Å². The molecular formula is C21H23NO7. The van der Waals surface area contributed by atoms with Crippen molar-refractivity contribution < 1.29 is 28.7 Å². The smallest absolute Gasteiger partial charge is 0.346 e. The highest BCUT2D eigenvalue weighted by molar-refractivity contribution is 6.02. The van der Waals surface area contributed by atoms with E-state index < -0.39 is 28.5 Å². The van der Waals surface area contributed by atoms with Crippen molar-refractivity contribution in [3.8, 4) is 11.5 Å². The number of hydrogen-bond donors (Lipinski definition) is 0. The maximum atomic E-state index is 12.6. The molecule has 2 aromatic rings. The molecule has 0 bridgehead atoms. The van der Waals surface area contributed by atoms with E-state index in [0.29, 0.717) is 5.56 Å². The third-order valence-corrected chi connectivity index (χ3v) is 4.44. The summed E-state index contributed by atoms with van der Waals surface area (Å²) >= 11 is 0. The Morgan fingerprint density at radius 2 is 1.79 bits per heavy atom. The molecule has 0 aliphatic carbocycles. The van der Waals surface area contributed by atoms with Crippen LogP contribution in [0.5, 0.6) is 11.5 Å². The molecule has 29 heavy (non-hydrogen) atoms. The van der Waals surface area contributed by atoms with Gasteiger partial charge in [0.15, 0.2) is 17.6 Å². The summed E-state index contributed by atoms with van der Waals surface area (Å²) in [5, 5.41) is 11.4. The number of ketones is 1.